The van der Waals surface area contributed by atoms with Crippen molar-refractivity contribution in [1.82, 2.24) is 0 Å². The van der Waals surface area contributed by atoms with E-state index in [-0.39, 0.29) is 11.7 Å². The number of non-ortho nitro benzene ring substituents is 1. The van der Waals surface area contributed by atoms with Gasteiger partial charge in [0.15, 0.2) is 0 Å². The Kier molecular flexibility index (Phi) is 5.23. The fourth-order valence-corrected chi connectivity index (χ4v) is 1.58. The van der Waals surface area contributed by atoms with Gasteiger partial charge in [-0.15, -0.1) is 0 Å². The van der Waals surface area contributed by atoms with Crippen molar-refractivity contribution in [2.75, 3.05) is 7.11 Å². The Hall–Kier alpha value is -1.98. The highest BCUT2D eigenvalue weighted by Gasteiger charge is 2.09. The van der Waals surface area contributed by atoms with Crippen molar-refractivity contribution in [3.05, 3.63) is 39.7 Å². The number of nitro groups is 1. The van der Waals surface area contributed by atoms with Gasteiger partial charge in [0.25, 0.3) is 5.69 Å². The summed E-state index contributed by atoms with van der Waals surface area (Å²) < 4.78 is 17.6. The average Bonchev–Trinajstić information content (AvgIpc) is 2.33. The van der Waals surface area contributed by atoms with Crippen LogP contribution in [0, 0.1) is 15.9 Å². The molecule has 0 radical (unpaired) electrons. The van der Waals surface area contributed by atoms with Crippen molar-refractivity contribution in [2.24, 2.45) is 0 Å². The highest BCUT2D eigenvalue weighted by Crippen LogP contribution is 2.18. The van der Waals surface area contributed by atoms with E-state index in [4.69, 9.17) is 0 Å². The Labute approximate surface area is 104 Å². The number of rotatable bonds is 6. The van der Waals surface area contributed by atoms with Crippen molar-refractivity contribution in [3.63, 3.8) is 0 Å². The number of halogens is 1. The predicted octanol–water partition coefficient (Wildman–Crippen LogP) is 2.62. The van der Waals surface area contributed by atoms with E-state index in [0.717, 1.165) is 6.07 Å². The van der Waals surface area contributed by atoms with Gasteiger partial charge >= 0.3 is 5.97 Å². The number of unbranched alkanes of at least 4 members (excludes halogenated alkanes) is 1. The number of esters is 1. The number of ether oxygens (including phenoxy) is 1. The summed E-state index contributed by atoms with van der Waals surface area (Å²) in [5.41, 5.74) is 0.310. The second-order valence-electron chi connectivity index (χ2n) is 3.86. The zero-order valence-corrected chi connectivity index (χ0v) is 10.0. The average molecular weight is 255 g/mol. The summed E-state index contributed by atoms with van der Waals surface area (Å²) in [5, 5.41) is 10.5. The lowest BCUT2D eigenvalue weighted by atomic mass is 10.1. The van der Waals surface area contributed by atoms with Crippen molar-refractivity contribution < 1.29 is 18.8 Å². The molecule has 0 bridgehead atoms. The van der Waals surface area contributed by atoms with Gasteiger partial charge in [0.1, 0.15) is 5.82 Å². The van der Waals surface area contributed by atoms with E-state index in [2.05, 4.69) is 4.74 Å². The lowest BCUT2D eigenvalue weighted by Gasteiger charge is -2.02. The second-order valence-corrected chi connectivity index (χ2v) is 3.86. The molecule has 0 saturated heterocycles. The Morgan fingerprint density at radius 3 is 2.72 bits per heavy atom. The molecule has 0 spiro atoms. The summed E-state index contributed by atoms with van der Waals surface area (Å²) in [6, 6.07) is 3.50. The molecule has 0 aliphatic rings. The van der Waals surface area contributed by atoms with Crippen LogP contribution in [0.5, 0.6) is 0 Å². The highest BCUT2D eigenvalue weighted by atomic mass is 19.1. The summed E-state index contributed by atoms with van der Waals surface area (Å²) in [4.78, 5) is 20.8. The van der Waals surface area contributed by atoms with Crippen molar-refractivity contribution in [3.8, 4) is 0 Å². The number of aryl methyl sites for hydroxylation is 1. The number of hydrogen-bond donors (Lipinski definition) is 0. The van der Waals surface area contributed by atoms with Crippen LogP contribution in [0.25, 0.3) is 0 Å². The number of nitro benzene ring substituents is 1. The minimum Gasteiger partial charge on any atom is -0.469 e. The van der Waals surface area contributed by atoms with Crippen LogP contribution >= 0.6 is 0 Å². The number of methoxy groups -OCH3 is 1. The maximum atomic E-state index is 13.1. The fourth-order valence-electron chi connectivity index (χ4n) is 1.58. The summed E-state index contributed by atoms with van der Waals surface area (Å²) in [6.07, 6.45) is 2.05. The SMILES string of the molecule is COC(=O)CCCCc1cc(F)cc([N+](=O)[O-])c1. The summed E-state index contributed by atoms with van der Waals surface area (Å²) in [5.74, 6) is -0.910. The molecule has 0 unspecified atom stereocenters. The first-order valence-corrected chi connectivity index (χ1v) is 5.53. The molecule has 6 heteroatoms. The van der Waals surface area contributed by atoms with Gasteiger partial charge < -0.3 is 4.74 Å². The van der Waals surface area contributed by atoms with Gasteiger partial charge in [-0.2, -0.15) is 0 Å². The van der Waals surface area contributed by atoms with E-state index in [1.165, 1.54) is 19.2 Å². The third kappa shape index (κ3) is 4.48. The van der Waals surface area contributed by atoms with Gasteiger partial charge in [-0.3, -0.25) is 14.9 Å². The molecule has 1 rings (SSSR count). The molecule has 0 aromatic heterocycles. The maximum Gasteiger partial charge on any atom is 0.305 e. The quantitative estimate of drug-likeness (QED) is 0.339. The van der Waals surface area contributed by atoms with Crippen LogP contribution in [0.3, 0.4) is 0 Å². The topological polar surface area (TPSA) is 69.4 Å². The Morgan fingerprint density at radius 2 is 2.11 bits per heavy atom. The summed E-state index contributed by atoms with van der Waals surface area (Å²) in [6.45, 7) is 0. The minimum atomic E-state index is -0.624. The zero-order chi connectivity index (χ0) is 13.5. The number of hydrogen-bond acceptors (Lipinski definition) is 4. The molecule has 0 aliphatic carbocycles. The van der Waals surface area contributed by atoms with Gasteiger partial charge in [0.2, 0.25) is 0 Å². The number of benzene rings is 1. The number of carbonyl (C=O) groups is 1. The molecule has 5 nitrogen and oxygen atoms in total. The lowest BCUT2D eigenvalue weighted by Crippen LogP contribution is -2.00. The van der Waals surface area contributed by atoms with Gasteiger partial charge in [0.05, 0.1) is 18.1 Å². The van der Waals surface area contributed by atoms with E-state index >= 15 is 0 Å². The third-order valence-electron chi connectivity index (χ3n) is 2.48. The van der Waals surface area contributed by atoms with Gasteiger partial charge in [-0.05, 0) is 30.9 Å². The molecule has 0 saturated carbocycles. The monoisotopic (exact) mass is 255 g/mol. The molecule has 0 N–H and O–H groups in total. The largest absolute Gasteiger partial charge is 0.469 e. The normalized spacial score (nSPS) is 10.1. The number of nitrogens with zero attached hydrogens (tertiary/aromatic N) is 1. The molecular formula is C12H14FNO4. The predicted molar refractivity (Wildman–Crippen MR) is 62.6 cm³/mol. The van der Waals surface area contributed by atoms with Gasteiger partial charge in [-0.1, -0.05) is 0 Å². The summed E-state index contributed by atoms with van der Waals surface area (Å²) in [7, 11) is 1.32. The molecule has 0 heterocycles. The summed E-state index contributed by atoms with van der Waals surface area (Å²) >= 11 is 0. The zero-order valence-electron chi connectivity index (χ0n) is 10.0. The molecule has 0 atom stereocenters. The smallest absolute Gasteiger partial charge is 0.305 e. The maximum absolute atomic E-state index is 13.1. The van der Waals surface area contributed by atoms with Crippen molar-refractivity contribution in [1.29, 1.82) is 0 Å². The standard InChI is InChI=1S/C12H14FNO4/c1-18-12(15)5-3-2-4-9-6-10(13)8-11(7-9)14(16)17/h6-8H,2-5H2,1H3. The van der Waals surface area contributed by atoms with Crippen LogP contribution in [0.1, 0.15) is 24.8 Å². The minimum absolute atomic E-state index is 0.252. The molecule has 98 valence electrons. The van der Waals surface area contributed by atoms with Crippen LogP contribution in [-0.4, -0.2) is 18.0 Å². The third-order valence-corrected chi connectivity index (χ3v) is 2.48. The second kappa shape index (κ2) is 6.68. The van der Waals surface area contributed by atoms with E-state index in [1.807, 2.05) is 0 Å². The Bertz CT molecular complexity index is 448. The Morgan fingerprint density at radius 1 is 1.39 bits per heavy atom. The molecule has 0 fully saturated rings. The lowest BCUT2D eigenvalue weighted by molar-refractivity contribution is -0.385. The fraction of sp³-hybridized carbons (Fsp3) is 0.417. The van der Waals surface area contributed by atoms with Crippen LogP contribution in [0.15, 0.2) is 18.2 Å². The first-order chi connectivity index (χ1) is 8.52. The van der Waals surface area contributed by atoms with Crippen LogP contribution < -0.4 is 0 Å². The molecular weight excluding hydrogens is 241 g/mol. The number of carbonyl (C=O) groups excluding carboxylic acids is 1. The molecule has 0 amide bonds. The molecule has 1 aromatic rings. The van der Waals surface area contributed by atoms with E-state index < -0.39 is 10.7 Å². The van der Waals surface area contributed by atoms with Gasteiger partial charge in [0, 0.05) is 12.5 Å². The van der Waals surface area contributed by atoms with E-state index in [9.17, 15) is 19.3 Å². The first kappa shape index (κ1) is 14.1. The molecule has 1 aromatic carbocycles. The first-order valence-electron chi connectivity index (χ1n) is 5.53. The van der Waals surface area contributed by atoms with Crippen molar-refractivity contribution in [2.45, 2.75) is 25.7 Å². The Balaban J connectivity index is 2.52. The van der Waals surface area contributed by atoms with E-state index in [1.54, 1.807) is 0 Å². The highest BCUT2D eigenvalue weighted by molar-refractivity contribution is 5.68. The molecule has 18 heavy (non-hydrogen) atoms. The molecule has 0 aliphatic heterocycles. The van der Waals surface area contributed by atoms with Crippen LogP contribution in [0.4, 0.5) is 10.1 Å². The van der Waals surface area contributed by atoms with Crippen LogP contribution in [0.2, 0.25) is 0 Å². The van der Waals surface area contributed by atoms with Gasteiger partial charge in [-0.25, -0.2) is 4.39 Å². The van der Waals surface area contributed by atoms with E-state index in [0.29, 0.717) is 31.2 Å². The van der Waals surface area contributed by atoms with Crippen LogP contribution in [-0.2, 0) is 16.0 Å². The van der Waals surface area contributed by atoms with Crippen molar-refractivity contribution >= 4 is 11.7 Å².